The quantitative estimate of drug-likeness (QED) is 0.884. The second-order valence-corrected chi connectivity index (χ2v) is 4.78. The largest absolute Gasteiger partial charge is 0.384 e. The van der Waals surface area contributed by atoms with Crippen LogP contribution in [0.4, 0.5) is 11.4 Å². The zero-order valence-electron chi connectivity index (χ0n) is 10.4. The Morgan fingerprint density at radius 1 is 1.42 bits per heavy atom. The number of amides is 1. The lowest BCUT2D eigenvalue weighted by atomic mass is 10.2. The van der Waals surface area contributed by atoms with E-state index in [4.69, 9.17) is 0 Å². The van der Waals surface area contributed by atoms with Crippen molar-refractivity contribution in [2.75, 3.05) is 17.2 Å². The molecular formula is C12H14BrN5O. The van der Waals surface area contributed by atoms with Crippen LogP contribution in [-0.4, -0.2) is 27.4 Å². The molecule has 2 N–H and O–H groups in total. The van der Waals surface area contributed by atoms with Crippen molar-refractivity contribution in [3.63, 3.8) is 0 Å². The van der Waals surface area contributed by atoms with Gasteiger partial charge >= 0.3 is 0 Å². The SMILES string of the molecule is CCNc1ccc(Br)cc1NC(=O)Cn1ccnn1. The third-order valence-electron chi connectivity index (χ3n) is 2.40. The molecule has 0 bridgehead atoms. The summed E-state index contributed by atoms with van der Waals surface area (Å²) in [6.07, 6.45) is 3.18. The summed E-state index contributed by atoms with van der Waals surface area (Å²) in [7, 11) is 0. The lowest BCUT2D eigenvalue weighted by Gasteiger charge is -2.12. The van der Waals surface area contributed by atoms with Gasteiger partial charge in [0, 0.05) is 17.2 Å². The molecule has 2 aromatic rings. The summed E-state index contributed by atoms with van der Waals surface area (Å²) >= 11 is 3.39. The molecular weight excluding hydrogens is 310 g/mol. The summed E-state index contributed by atoms with van der Waals surface area (Å²) in [5.41, 5.74) is 1.62. The Balaban J connectivity index is 2.08. The minimum Gasteiger partial charge on any atom is -0.384 e. The zero-order chi connectivity index (χ0) is 13.7. The average molecular weight is 324 g/mol. The highest BCUT2D eigenvalue weighted by molar-refractivity contribution is 9.10. The van der Waals surface area contributed by atoms with Crippen LogP contribution in [0.3, 0.4) is 0 Å². The average Bonchev–Trinajstić information content (AvgIpc) is 2.85. The molecule has 0 radical (unpaired) electrons. The van der Waals surface area contributed by atoms with Gasteiger partial charge in [-0.2, -0.15) is 0 Å². The van der Waals surface area contributed by atoms with Crippen molar-refractivity contribution >= 4 is 33.2 Å². The number of nitrogens with one attached hydrogen (secondary N) is 2. The predicted molar refractivity (Wildman–Crippen MR) is 77.0 cm³/mol. The Kier molecular flexibility index (Phi) is 4.51. The van der Waals surface area contributed by atoms with Crippen molar-refractivity contribution in [2.24, 2.45) is 0 Å². The molecule has 0 saturated carbocycles. The zero-order valence-corrected chi connectivity index (χ0v) is 12.0. The van der Waals surface area contributed by atoms with E-state index in [9.17, 15) is 4.79 Å². The molecule has 1 aromatic carbocycles. The van der Waals surface area contributed by atoms with Gasteiger partial charge in [-0.05, 0) is 25.1 Å². The second-order valence-electron chi connectivity index (χ2n) is 3.87. The van der Waals surface area contributed by atoms with Gasteiger partial charge in [-0.15, -0.1) is 5.10 Å². The van der Waals surface area contributed by atoms with Crippen LogP contribution in [0.15, 0.2) is 35.1 Å². The van der Waals surface area contributed by atoms with Crippen molar-refractivity contribution in [1.82, 2.24) is 15.0 Å². The minimum absolute atomic E-state index is 0.137. The molecule has 1 amide bonds. The van der Waals surface area contributed by atoms with Gasteiger partial charge in [-0.1, -0.05) is 21.1 Å². The topological polar surface area (TPSA) is 71.8 Å². The molecule has 0 atom stereocenters. The van der Waals surface area contributed by atoms with Crippen LogP contribution in [0.1, 0.15) is 6.92 Å². The Labute approximate surface area is 119 Å². The van der Waals surface area contributed by atoms with E-state index in [1.54, 1.807) is 6.20 Å². The fourth-order valence-electron chi connectivity index (χ4n) is 1.62. The Bertz CT molecular complexity index is 555. The predicted octanol–water partition coefficient (Wildman–Crippen LogP) is 2.11. The monoisotopic (exact) mass is 323 g/mol. The van der Waals surface area contributed by atoms with E-state index >= 15 is 0 Å². The molecule has 7 heteroatoms. The maximum atomic E-state index is 11.9. The maximum Gasteiger partial charge on any atom is 0.246 e. The van der Waals surface area contributed by atoms with Gasteiger partial charge in [0.15, 0.2) is 0 Å². The maximum absolute atomic E-state index is 11.9. The van der Waals surface area contributed by atoms with Gasteiger partial charge in [-0.25, -0.2) is 4.68 Å². The highest BCUT2D eigenvalue weighted by atomic mass is 79.9. The summed E-state index contributed by atoms with van der Waals surface area (Å²) < 4.78 is 2.38. The summed E-state index contributed by atoms with van der Waals surface area (Å²) in [6, 6.07) is 5.70. The Morgan fingerprint density at radius 2 is 2.26 bits per heavy atom. The van der Waals surface area contributed by atoms with Gasteiger partial charge < -0.3 is 10.6 Å². The molecule has 0 spiro atoms. The first-order valence-corrected chi connectivity index (χ1v) is 6.65. The highest BCUT2D eigenvalue weighted by Gasteiger charge is 2.08. The lowest BCUT2D eigenvalue weighted by molar-refractivity contribution is -0.116. The van der Waals surface area contributed by atoms with E-state index in [2.05, 4.69) is 36.9 Å². The first-order valence-electron chi connectivity index (χ1n) is 5.86. The standard InChI is InChI=1S/C12H14BrN5O/c1-2-14-10-4-3-9(13)7-11(10)16-12(19)8-18-6-5-15-17-18/h3-7,14H,2,8H2,1H3,(H,16,19). The molecule has 1 heterocycles. The molecule has 0 aliphatic carbocycles. The number of benzene rings is 1. The van der Waals surface area contributed by atoms with Gasteiger partial charge in [0.1, 0.15) is 6.54 Å². The van der Waals surface area contributed by atoms with Crippen LogP contribution < -0.4 is 10.6 Å². The second kappa shape index (κ2) is 6.33. The third-order valence-corrected chi connectivity index (χ3v) is 2.89. The molecule has 1 aromatic heterocycles. The number of aromatic nitrogens is 3. The first-order chi connectivity index (χ1) is 9.19. The van der Waals surface area contributed by atoms with E-state index in [0.717, 1.165) is 22.4 Å². The van der Waals surface area contributed by atoms with E-state index < -0.39 is 0 Å². The molecule has 0 saturated heterocycles. The molecule has 0 unspecified atom stereocenters. The number of hydrogen-bond donors (Lipinski definition) is 2. The molecule has 0 aliphatic rings. The van der Waals surface area contributed by atoms with Gasteiger partial charge in [0.25, 0.3) is 0 Å². The third kappa shape index (κ3) is 3.78. The Morgan fingerprint density at radius 3 is 2.95 bits per heavy atom. The van der Waals surface area contributed by atoms with E-state index in [1.165, 1.54) is 10.9 Å². The van der Waals surface area contributed by atoms with Crippen LogP contribution in [0.2, 0.25) is 0 Å². The van der Waals surface area contributed by atoms with Crippen molar-refractivity contribution in [3.05, 3.63) is 35.1 Å². The number of anilines is 2. The molecule has 0 aliphatic heterocycles. The number of nitrogens with zero attached hydrogens (tertiary/aromatic N) is 3. The van der Waals surface area contributed by atoms with Crippen molar-refractivity contribution in [3.8, 4) is 0 Å². The lowest BCUT2D eigenvalue weighted by Crippen LogP contribution is -2.20. The number of halogens is 1. The van der Waals surface area contributed by atoms with Gasteiger partial charge in [0.05, 0.1) is 17.6 Å². The van der Waals surface area contributed by atoms with E-state index in [1.807, 2.05) is 25.1 Å². The van der Waals surface area contributed by atoms with Crippen molar-refractivity contribution in [1.29, 1.82) is 0 Å². The molecule has 2 rings (SSSR count). The van der Waals surface area contributed by atoms with Crippen molar-refractivity contribution < 1.29 is 4.79 Å². The molecule has 6 nitrogen and oxygen atoms in total. The first kappa shape index (κ1) is 13.5. The number of carbonyl (C=O) groups excluding carboxylic acids is 1. The van der Waals surface area contributed by atoms with Gasteiger partial charge in [0.2, 0.25) is 5.91 Å². The van der Waals surface area contributed by atoms with Crippen LogP contribution in [0.25, 0.3) is 0 Å². The molecule has 0 fully saturated rings. The van der Waals surface area contributed by atoms with Crippen LogP contribution in [0, 0.1) is 0 Å². The molecule has 19 heavy (non-hydrogen) atoms. The summed E-state index contributed by atoms with van der Waals surface area (Å²) in [6.45, 7) is 2.93. The number of rotatable bonds is 5. The van der Waals surface area contributed by atoms with Crippen LogP contribution in [-0.2, 0) is 11.3 Å². The summed E-state index contributed by atoms with van der Waals surface area (Å²) in [4.78, 5) is 11.9. The van der Waals surface area contributed by atoms with E-state index in [0.29, 0.717) is 0 Å². The fourth-order valence-corrected chi connectivity index (χ4v) is 1.98. The summed E-state index contributed by atoms with van der Waals surface area (Å²) in [5, 5.41) is 13.5. The smallest absolute Gasteiger partial charge is 0.246 e. The fraction of sp³-hybridized carbons (Fsp3) is 0.250. The van der Waals surface area contributed by atoms with Crippen LogP contribution in [0.5, 0.6) is 0 Å². The normalized spacial score (nSPS) is 10.2. The van der Waals surface area contributed by atoms with E-state index in [-0.39, 0.29) is 12.5 Å². The number of carbonyl (C=O) groups is 1. The number of hydrogen-bond acceptors (Lipinski definition) is 4. The highest BCUT2D eigenvalue weighted by Crippen LogP contribution is 2.25. The van der Waals surface area contributed by atoms with Crippen molar-refractivity contribution in [2.45, 2.75) is 13.5 Å². The Hall–Kier alpha value is -1.89. The summed E-state index contributed by atoms with van der Waals surface area (Å²) in [5.74, 6) is -0.150. The van der Waals surface area contributed by atoms with Crippen LogP contribution >= 0.6 is 15.9 Å². The molecule has 100 valence electrons. The minimum atomic E-state index is -0.150. The van der Waals surface area contributed by atoms with Gasteiger partial charge in [-0.3, -0.25) is 4.79 Å².